The number of rotatable bonds is 4. The van der Waals surface area contributed by atoms with Crippen molar-refractivity contribution in [3.05, 3.63) is 24.4 Å². The SMILES string of the molecule is COc1cc(N2CCC(N3CCN(C)CC3)CC2)ccc1-c1cnc(N)nc1N. The first-order valence-corrected chi connectivity index (χ1v) is 10.3. The number of nitrogen functional groups attached to an aromatic ring is 2. The molecule has 0 spiro atoms. The molecule has 3 heterocycles. The lowest BCUT2D eigenvalue weighted by molar-refractivity contribution is 0.0982. The van der Waals surface area contributed by atoms with Crippen molar-refractivity contribution >= 4 is 17.5 Å². The highest BCUT2D eigenvalue weighted by Gasteiger charge is 2.27. The predicted molar refractivity (Wildman–Crippen MR) is 117 cm³/mol. The van der Waals surface area contributed by atoms with Crippen LogP contribution >= 0.6 is 0 Å². The van der Waals surface area contributed by atoms with Gasteiger partial charge in [-0.3, -0.25) is 4.90 Å². The molecule has 2 aliphatic rings. The minimum Gasteiger partial charge on any atom is -0.496 e. The maximum atomic E-state index is 6.05. The molecule has 4 N–H and O–H groups in total. The fraction of sp³-hybridized carbons (Fsp3) is 0.524. The Bertz CT molecular complexity index is 843. The molecule has 2 aromatic rings. The Morgan fingerprint density at radius 2 is 1.72 bits per heavy atom. The number of hydrogen-bond acceptors (Lipinski definition) is 8. The lowest BCUT2D eigenvalue weighted by atomic mass is 10.0. The Labute approximate surface area is 172 Å². The highest BCUT2D eigenvalue weighted by atomic mass is 16.5. The molecule has 4 rings (SSSR count). The first-order valence-electron chi connectivity index (χ1n) is 10.3. The summed E-state index contributed by atoms with van der Waals surface area (Å²) in [6, 6.07) is 6.95. The van der Waals surface area contributed by atoms with Crippen LogP contribution in [0.25, 0.3) is 11.1 Å². The summed E-state index contributed by atoms with van der Waals surface area (Å²) in [4.78, 5) is 15.7. The van der Waals surface area contributed by atoms with Crippen LogP contribution < -0.4 is 21.1 Å². The molecule has 0 amide bonds. The third-order valence-electron chi connectivity index (χ3n) is 6.20. The van der Waals surface area contributed by atoms with E-state index in [9.17, 15) is 0 Å². The van der Waals surface area contributed by atoms with Crippen molar-refractivity contribution in [3.63, 3.8) is 0 Å². The minimum atomic E-state index is 0.171. The minimum absolute atomic E-state index is 0.171. The Balaban J connectivity index is 1.46. The number of nitrogens with zero attached hydrogens (tertiary/aromatic N) is 5. The lowest BCUT2D eigenvalue weighted by Crippen LogP contribution is -2.52. The van der Waals surface area contributed by atoms with Crippen molar-refractivity contribution in [1.82, 2.24) is 19.8 Å². The van der Waals surface area contributed by atoms with E-state index in [1.165, 1.54) is 44.7 Å². The van der Waals surface area contributed by atoms with Gasteiger partial charge in [0.25, 0.3) is 0 Å². The molecule has 156 valence electrons. The first-order chi connectivity index (χ1) is 14.0. The Morgan fingerprint density at radius 1 is 1.00 bits per heavy atom. The van der Waals surface area contributed by atoms with Gasteiger partial charge in [-0.05, 0) is 32.0 Å². The van der Waals surface area contributed by atoms with Crippen LogP contribution in [0.15, 0.2) is 24.4 Å². The lowest BCUT2D eigenvalue weighted by Gasteiger charge is -2.42. The zero-order chi connectivity index (χ0) is 20.4. The monoisotopic (exact) mass is 397 g/mol. The summed E-state index contributed by atoms with van der Waals surface area (Å²) >= 11 is 0. The number of benzene rings is 1. The van der Waals surface area contributed by atoms with E-state index >= 15 is 0 Å². The molecule has 1 aromatic carbocycles. The molecule has 8 nitrogen and oxygen atoms in total. The van der Waals surface area contributed by atoms with Gasteiger partial charge in [0.15, 0.2) is 0 Å². The average Bonchev–Trinajstić information content (AvgIpc) is 2.74. The number of ether oxygens (including phenoxy) is 1. The molecule has 1 aromatic heterocycles. The smallest absolute Gasteiger partial charge is 0.221 e. The molecule has 2 aliphatic heterocycles. The highest BCUT2D eigenvalue weighted by Crippen LogP contribution is 2.36. The van der Waals surface area contributed by atoms with E-state index in [0.29, 0.717) is 11.9 Å². The van der Waals surface area contributed by atoms with Gasteiger partial charge in [0, 0.05) is 74.4 Å². The second kappa shape index (κ2) is 8.42. The van der Waals surface area contributed by atoms with Gasteiger partial charge in [0.1, 0.15) is 11.6 Å². The van der Waals surface area contributed by atoms with Crippen molar-refractivity contribution in [3.8, 4) is 16.9 Å². The van der Waals surface area contributed by atoms with Gasteiger partial charge in [0.05, 0.1) is 7.11 Å². The van der Waals surface area contributed by atoms with Crippen molar-refractivity contribution in [2.75, 3.05) is 69.8 Å². The molecule has 0 unspecified atom stereocenters. The summed E-state index contributed by atoms with van der Waals surface area (Å²) in [5.41, 5.74) is 14.5. The maximum absolute atomic E-state index is 6.05. The van der Waals surface area contributed by atoms with E-state index in [0.717, 1.165) is 30.0 Å². The van der Waals surface area contributed by atoms with Gasteiger partial charge in [-0.25, -0.2) is 4.98 Å². The summed E-state index contributed by atoms with van der Waals surface area (Å²) in [5, 5.41) is 0. The van der Waals surface area contributed by atoms with E-state index < -0.39 is 0 Å². The van der Waals surface area contributed by atoms with Gasteiger partial charge in [0.2, 0.25) is 5.95 Å². The van der Waals surface area contributed by atoms with E-state index in [-0.39, 0.29) is 5.95 Å². The van der Waals surface area contributed by atoms with Crippen LogP contribution in [-0.4, -0.2) is 79.2 Å². The summed E-state index contributed by atoms with van der Waals surface area (Å²) in [7, 11) is 3.89. The number of likely N-dealkylation sites (N-methyl/N-ethyl adjacent to an activating group) is 1. The highest BCUT2D eigenvalue weighted by molar-refractivity contribution is 5.80. The quantitative estimate of drug-likeness (QED) is 0.802. The summed E-state index contributed by atoms with van der Waals surface area (Å²) < 4.78 is 5.66. The molecule has 29 heavy (non-hydrogen) atoms. The summed E-state index contributed by atoms with van der Waals surface area (Å²) in [6.07, 6.45) is 4.05. The summed E-state index contributed by atoms with van der Waals surface area (Å²) in [5.74, 6) is 1.30. The molecule has 8 heteroatoms. The van der Waals surface area contributed by atoms with Gasteiger partial charge < -0.3 is 26.0 Å². The van der Waals surface area contributed by atoms with Crippen molar-refractivity contribution in [2.24, 2.45) is 0 Å². The van der Waals surface area contributed by atoms with Crippen LogP contribution in [0.4, 0.5) is 17.5 Å². The average molecular weight is 398 g/mol. The van der Waals surface area contributed by atoms with E-state index in [1.807, 2.05) is 6.07 Å². The topological polar surface area (TPSA) is 96.8 Å². The molecular weight excluding hydrogens is 366 g/mol. The number of aromatic nitrogens is 2. The zero-order valence-corrected chi connectivity index (χ0v) is 17.3. The van der Waals surface area contributed by atoms with Crippen molar-refractivity contribution in [2.45, 2.75) is 18.9 Å². The van der Waals surface area contributed by atoms with Crippen LogP contribution in [-0.2, 0) is 0 Å². The number of nitrogens with two attached hydrogens (primary N) is 2. The third kappa shape index (κ3) is 4.23. The molecule has 2 saturated heterocycles. The molecule has 2 fully saturated rings. The fourth-order valence-corrected chi connectivity index (χ4v) is 4.39. The van der Waals surface area contributed by atoms with Crippen molar-refractivity contribution < 1.29 is 4.74 Å². The maximum Gasteiger partial charge on any atom is 0.221 e. The third-order valence-corrected chi connectivity index (χ3v) is 6.20. The van der Waals surface area contributed by atoms with Crippen LogP contribution in [0.3, 0.4) is 0 Å². The van der Waals surface area contributed by atoms with Crippen LogP contribution in [0, 0.1) is 0 Å². The van der Waals surface area contributed by atoms with Crippen LogP contribution in [0.2, 0.25) is 0 Å². The van der Waals surface area contributed by atoms with Gasteiger partial charge >= 0.3 is 0 Å². The number of methoxy groups -OCH3 is 1. The number of piperazine rings is 1. The Kier molecular flexibility index (Phi) is 5.73. The normalized spacial score (nSPS) is 19.4. The fourth-order valence-electron chi connectivity index (χ4n) is 4.39. The van der Waals surface area contributed by atoms with E-state index in [1.54, 1.807) is 13.3 Å². The molecule has 0 atom stereocenters. The zero-order valence-electron chi connectivity index (χ0n) is 17.3. The summed E-state index contributed by atoms with van der Waals surface area (Å²) in [6.45, 7) is 6.86. The number of piperidine rings is 1. The number of anilines is 3. The molecule has 0 bridgehead atoms. The predicted octanol–water partition coefficient (Wildman–Crippen LogP) is 1.53. The molecule has 0 radical (unpaired) electrons. The van der Waals surface area contributed by atoms with Gasteiger partial charge in [-0.2, -0.15) is 4.98 Å². The van der Waals surface area contributed by atoms with Gasteiger partial charge in [-0.1, -0.05) is 0 Å². The van der Waals surface area contributed by atoms with Crippen LogP contribution in [0.5, 0.6) is 5.75 Å². The van der Waals surface area contributed by atoms with Crippen LogP contribution in [0.1, 0.15) is 12.8 Å². The standard InChI is InChI=1S/C21H31N7O/c1-26-9-11-28(12-10-26)15-5-7-27(8-6-15)16-3-4-17(19(13-16)29-2)18-14-24-21(23)25-20(18)22/h3-4,13-15H,5-12H2,1-2H3,(H4,22,23,24,25). The molecule has 0 aliphatic carbocycles. The van der Waals surface area contributed by atoms with E-state index in [4.69, 9.17) is 16.2 Å². The first kappa shape index (κ1) is 19.7. The molecule has 0 saturated carbocycles. The second-order valence-electron chi connectivity index (χ2n) is 7.97. The van der Waals surface area contributed by atoms with Gasteiger partial charge in [-0.15, -0.1) is 0 Å². The van der Waals surface area contributed by atoms with E-state index in [2.05, 4.69) is 43.8 Å². The largest absolute Gasteiger partial charge is 0.496 e. The Hall–Kier alpha value is -2.58. The van der Waals surface area contributed by atoms with Crippen molar-refractivity contribution in [1.29, 1.82) is 0 Å². The molecular formula is C21H31N7O. The second-order valence-corrected chi connectivity index (χ2v) is 7.97. The Morgan fingerprint density at radius 3 is 2.38 bits per heavy atom. The number of hydrogen-bond donors (Lipinski definition) is 2.